The molecule has 0 unspecified atom stereocenters. The summed E-state index contributed by atoms with van der Waals surface area (Å²) in [6.07, 6.45) is -1.54. The first-order chi connectivity index (χ1) is 30.9. The number of fused-ring (bicyclic) bond motifs is 2. The Morgan fingerprint density at radius 2 is 1.32 bits per heavy atom. The van der Waals surface area contributed by atoms with Gasteiger partial charge >= 0.3 is 11.9 Å². The van der Waals surface area contributed by atoms with E-state index < -0.39 is 89.0 Å². The smallest absolute Gasteiger partial charge is 0.335 e. The first kappa shape index (κ1) is 46.2. The van der Waals surface area contributed by atoms with Gasteiger partial charge in [-0.1, -0.05) is 26.0 Å². The van der Waals surface area contributed by atoms with E-state index >= 15 is 4.79 Å². The second-order valence-corrected chi connectivity index (χ2v) is 20.1. The normalized spacial score (nSPS) is 30.2. The second-order valence-electron chi connectivity index (χ2n) is 17.4. The van der Waals surface area contributed by atoms with Gasteiger partial charge in [0, 0.05) is 56.6 Å². The highest BCUT2D eigenvalue weighted by Crippen LogP contribution is 2.55. The summed E-state index contributed by atoms with van der Waals surface area (Å²) in [5, 5.41) is 57.8. The number of carbonyl (C=O) groups is 7. The van der Waals surface area contributed by atoms with Gasteiger partial charge in [0.1, 0.15) is 18.3 Å². The molecule has 6 aliphatic heterocycles. The van der Waals surface area contributed by atoms with Crippen molar-refractivity contribution >= 4 is 76.4 Å². The molecule has 19 nitrogen and oxygen atoms in total. The maximum atomic E-state index is 15.3. The Hall–Kier alpha value is -5.29. The van der Waals surface area contributed by atoms with E-state index in [1.165, 1.54) is 87.6 Å². The maximum Gasteiger partial charge on any atom is 0.335 e. The van der Waals surface area contributed by atoms with Crippen LogP contribution in [0.5, 0.6) is 0 Å². The number of aliphatic hydroxyl groups excluding tert-OH is 2. The summed E-state index contributed by atoms with van der Waals surface area (Å²) in [7, 11) is 0. The lowest BCUT2D eigenvalue weighted by Crippen LogP contribution is -2.64. The molecular weight excluding hydrogens is 885 g/mol. The van der Waals surface area contributed by atoms with Crippen LogP contribution < -0.4 is 16.0 Å². The van der Waals surface area contributed by atoms with Gasteiger partial charge in [0.25, 0.3) is 5.91 Å². The number of benzene rings is 2. The largest absolute Gasteiger partial charge is 0.478 e. The fraction of sp³-hybridized carbons (Fsp3) is 0.477. The number of hydrogen-bond donors (Lipinski definition) is 8. The van der Waals surface area contributed by atoms with Gasteiger partial charge in [-0.15, -0.1) is 23.5 Å². The van der Waals surface area contributed by atoms with Crippen molar-refractivity contribution in [3.63, 3.8) is 0 Å². The van der Waals surface area contributed by atoms with Crippen molar-refractivity contribution in [3.8, 4) is 0 Å². The molecule has 4 fully saturated rings. The predicted molar refractivity (Wildman–Crippen MR) is 236 cm³/mol. The number of nitrogens with zero attached hydrogens (tertiary/aromatic N) is 3. The summed E-state index contributed by atoms with van der Waals surface area (Å²) < 4.78 is 0. The lowest BCUT2D eigenvalue weighted by Gasteiger charge is -2.47. The molecule has 2 aromatic carbocycles. The Kier molecular flexibility index (Phi) is 12.9. The standard InChI is InChI=1S/C44H50N6O13S2/c1-18-33-31(20(3)51)40(55)49(33)30(17-63-62)36(18)65-27-14-29(39(54)47-25-10-6-8-23(12-25)44(60)61)48(16-27)42(57)35-37(19(2)34-32(21(4)52)41(56)50(34)35)64-26-13-28(45-15-26)38(53)46-24-9-5-7-22(11-24)43(58)59/h5-12,18-21,26-29,31-34,45,51-52,62H,13-17H2,1-4H3,(H,46,53)(H,47,54)(H,58,59)(H,60,61)/t18-,19-,20-,21-,26+,27+,28+,29+,31-,32-,33-,34-/m1/s1. The number of rotatable bonds is 15. The Balaban J connectivity index is 1.09. The maximum absolute atomic E-state index is 15.3. The number of amides is 5. The molecule has 0 bridgehead atoms. The minimum absolute atomic E-state index is 0.00264. The third kappa shape index (κ3) is 8.31. The SMILES string of the molecule is C[C@@H](O)[C@H]1C(=O)N2C(COO)=C(S[C@H]3C[C@@H](C(=O)Nc4cccc(C(=O)O)c4)N(C(=O)C4=C(S[C@@H]5CN[C@H](C(=O)Nc6cccc(C(=O)O)c6)C5)[C@H](C)[C@@H]5[C@@H]([C@@H](C)O)C(=O)N45)C3)[C@H](C)[C@H]12. The van der Waals surface area contributed by atoms with Crippen LogP contribution in [-0.4, -0.2) is 148 Å². The summed E-state index contributed by atoms with van der Waals surface area (Å²) in [6.45, 7) is 6.86. The minimum Gasteiger partial charge on any atom is -0.478 e. The molecular formula is C44H50N6O13S2. The van der Waals surface area contributed by atoms with E-state index in [2.05, 4.69) is 20.8 Å². The van der Waals surface area contributed by atoms with Gasteiger partial charge < -0.3 is 51.1 Å². The van der Waals surface area contributed by atoms with Crippen molar-refractivity contribution in [2.75, 3.05) is 30.3 Å². The second kappa shape index (κ2) is 18.2. The molecule has 0 aromatic heterocycles. The fourth-order valence-corrected chi connectivity index (χ4v) is 13.2. The lowest BCUT2D eigenvalue weighted by atomic mass is 9.79. The zero-order valence-corrected chi connectivity index (χ0v) is 37.4. The molecule has 0 spiro atoms. The van der Waals surface area contributed by atoms with Crippen molar-refractivity contribution in [2.24, 2.45) is 23.7 Å². The average molecular weight is 935 g/mol. The molecule has 0 saturated carbocycles. The van der Waals surface area contributed by atoms with E-state index in [4.69, 9.17) is 0 Å². The Morgan fingerprint density at radius 3 is 1.89 bits per heavy atom. The van der Waals surface area contributed by atoms with Crippen LogP contribution in [-0.2, 0) is 28.9 Å². The summed E-state index contributed by atoms with van der Waals surface area (Å²) in [5.41, 5.74) is 0.933. The van der Waals surface area contributed by atoms with Gasteiger partial charge in [0.2, 0.25) is 23.6 Å². The zero-order chi connectivity index (χ0) is 46.8. The van der Waals surface area contributed by atoms with Crippen LogP contribution in [0, 0.1) is 23.7 Å². The molecule has 6 heterocycles. The Bertz CT molecular complexity index is 2410. The van der Waals surface area contributed by atoms with E-state index in [0.717, 1.165) is 0 Å². The van der Waals surface area contributed by atoms with Gasteiger partial charge in [0.05, 0.1) is 59.0 Å². The third-order valence-electron chi connectivity index (χ3n) is 13.3. The number of thioether (sulfide) groups is 2. The number of likely N-dealkylation sites (tertiary alicyclic amines) is 1. The predicted octanol–water partition coefficient (Wildman–Crippen LogP) is 2.45. The van der Waals surface area contributed by atoms with Gasteiger partial charge in [-0.25, -0.2) is 14.5 Å². The molecule has 65 heavy (non-hydrogen) atoms. The molecule has 12 atom stereocenters. The molecule has 8 N–H and O–H groups in total. The summed E-state index contributed by atoms with van der Waals surface area (Å²) in [5.74, 6) is -6.88. The number of β-lactam (4-membered cyclic amide) rings is 2. The highest BCUT2D eigenvalue weighted by atomic mass is 32.2. The highest BCUT2D eigenvalue weighted by Gasteiger charge is 2.62. The number of hydrogen-bond acceptors (Lipinski definition) is 14. The Labute approximate surface area is 381 Å². The summed E-state index contributed by atoms with van der Waals surface area (Å²) in [6, 6.07) is 8.79. The van der Waals surface area contributed by atoms with Crippen molar-refractivity contribution < 1.29 is 64.1 Å². The van der Waals surface area contributed by atoms with Crippen LogP contribution in [0.1, 0.15) is 61.3 Å². The number of aliphatic hydroxyl groups is 2. The summed E-state index contributed by atoms with van der Waals surface area (Å²) >= 11 is 2.68. The fourth-order valence-electron chi connectivity index (χ4n) is 10.2. The van der Waals surface area contributed by atoms with E-state index in [1.807, 2.05) is 13.8 Å². The molecule has 5 amide bonds. The number of nitrogens with one attached hydrogen (secondary N) is 3. The molecule has 0 radical (unpaired) electrons. The van der Waals surface area contributed by atoms with Gasteiger partial charge in [-0.3, -0.25) is 29.2 Å². The number of carbonyl (C=O) groups excluding carboxylic acids is 5. The molecule has 2 aromatic rings. The topological polar surface area (TPSA) is 276 Å². The lowest BCUT2D eigenvalue weighted by molar-refractivity contribution is -0.238. The van der Waals surface area contributed by atoms with E-state index in [-0.39, 0.29) is 65.1 Å². The average Bonchev–Trinajstić information content (AvgIpc) is 4.01. The van der Waals surface area contributed by atoms with E-state index in [0.29, 0.717) is 34.2 Å². The molecule has 6 aliphatic rings. The Morgan fingerprint density at radius 1 is 0.785 bits per heavy atom. The van der Waals surface area contributed by atoms with Crippen molar-refractivity contribution in [3.05, 3.63) is 80.9 Å². The molecule has 0 aliphatic carbocycles. The van der Waals surface area contributed by atoms with Gasteiger partial charge in [-0.2, -0.15) is 0 Å². The van der Waals surface area contributed by atoms with Crippen molar-refractivity contribution in [1.29, 1.82) is 0 Å². The van der Waals surface area contributed by atoms with E-state index in [9.17, 15) is 54.5 Å². The number of carboxylic acid groups (broad SMARTS) is 2. The van der Waals surface area contributed by atoms with Crippen LogP contribution in [0.15, 0.2) is 69.7 Å². The molecule has 346 valence electrons. The van der Waals surface area contributed by atoms with E-state index in [1.54, 1.807) is 13.0 Å². The first-order valence-electron chi connectivity index (χ1n) is 21.3. The first-order valence-corrected chi connectivity index (χ1v) is 23.1. The van der Waals surface area contributed by atoms with Crippen LogP contribution in [0.3, 0.4) is 0 Å². The van der Waals surface area contributed by atoms with Gasteiger partial charge in [0.15, 0.2) is 0 Å². The molecule has 8 rings (SSSR count). The van der Waals surface area contributed by atoms with Crippen LogP contribution >= 0.6 is 23.5 Å². The van der Waals surface area contributed by atoms with Crippen molar-refractivity contribution in [1.82, 2.24) is 20.0 Å². The summed E-state index contributed by atoms with van der Waals surface area (Å²) in [4.78, 5) is 104. The van der Waals surface area contributed by atoms with Gasteiger partial charge in [-0.05, 0) is 63.1 Å². The minimum atomic E-state index is -1.20. The van der Waals surface area contributed by atoms with Crippen LogP contribution in [0.2, 0.25) is 0 Å². The highest BCUT2D eigenvalue weighted by molar-refractivity contribution is 8.04. The number of aromatic carboxylic acids is 2. The van der Waals surface area contributed by atoms with Crippen molar-refractivity contribution in [2.45, 2.75) is 87.4 Å². The van der Waals surface area contributed by atoms with Crippen LogP contribution in [0.25, 0.3) is 0 Å². The monoisotopic (exact) mass is 934 g/mol. The van der Waals surface area contributed by atoms with Crippen LogP contribution in [0.4, 0.5) is 11.4 Å². The third-order valence-corrected chi connectivity index (χ3v) is 16.3. The molecule has 21 heteroatoms. The number of anilines is 2. The zero-order valence-electron chi connectivity index (χ0n) is 35.7. The quantitative estimate of drug-likeness (QED) is 0.0724. The molecule has 4 saturated heterocycles. The number of carboxylic acids is 2.